The van der Waals surface area contributed by atoms with Gasteiger partial charge < -0.3 is 16.2 Å². The summed E-state index contributed by atoms with van der Waals surface area (Å²) in [6.07, 6.45) is -4.62. The molecule has 1 aromatic heterocycles. The van der Waals surface area contributed by atoms with Crippen LogP contribution in [0.1, 0.15) is 21.5 Å². The minimum absolute atomic E-state index is 0.0783. The number of carbonyl (C=O) groups is 1. The Labute approximate surface area is 157 Å². The molecule has 6 nitrogen and oxygen atoms in total. The van der Waals surface area contributed by atoms with Gasteiger partial charge in [-0.05, 0) is 29.8 Å². The van der Waals surface area contributed by atoms with Crippen molar-refractivity contribution in [3.8, 4) is 5.69 Å². The van der Waals surface area contributed by atoms with Crippen LogP contribution in [-0.2, 0) is 17.5 Å². The molecule has 0 spiro atoms. The van der Waals surface area contributed by atoms with Crippen molar-refractivity contribution in [2.45, 2.75) is 12.7 Å². The number of rotatable bonds is 3. The number of hydrogen-bond donors (Lipinski definition) is 2. The second-order valence-corrected chi connectivity index (χ2v) is 6.02. The summed E-state index contributed by atoms with van der Waals surface area (Å²) in [7, 11) is 1.08. The first-order valence-electron chi connectivity index (χ1n) is 8.12. The SMILES string of the molecule is COC(=O)c1c(N)c2ccc(C(F)(F)F)cc2n(-c2ccc(CN)cc2)c1=O. The number of methoxy groups -OCH3 is 1. The molecule has 3 aromatic rings. The van der Waals surface area contributed by atoms with Gasteiger partial charge in [-0.1, -0.05) is 18.2 Å². The van der Waals surface area contributed by atoms with Crippen molar-refractivity contribution in [3.63, 3.8) is 0 Å². The molecule has 9 heteroatoms. The fraction of sp³-hybridized carbons (Fsp3) is 0.158. The van der Waals surface area contributed by atoms with E-state index in [1.54, 1.807) is 12.1 Å². The Morgan fingerprint density at radius 2 is 1.79 bits per heavy atom. The molecule has 0 atom stereocenters. The van der Waals surface area contributed by atoms with E-state index in [9.17, 15) is 22.8 Å². The van der Waals surface area contributed by atoms with Gasteiger partial charge in [0.2, 0.25) is 0 Å². The molecular weight excluding hydrogens is 375 g/mol. The molecule has 146 valence electrons. The van der Waals surface area contributed by atoms with Crippen molar-refractivity contribution in [1.82, 2.24) is 4.57 Å². The van der Waals surface area contributed by atoms with E-state index in [4.69, 9.17) is 11.5 Å². The average Bonchev–Trinajstić information content (AvgIpc) is 2.67. The summed E-state index contributed by atoms with van der Waals surface area (Å²) in [6, 6.07) is 9.12. The van der Waals surface area contributed by atoms with E-state index in [1.807, 2.05) is 0 Å². The number of alkyl halides is 3. The Kier molecular flexibility index (Phi) is 4.86. The zero-order chi connectivity index (χ0) is 20.6. The average molecular weight is 391 g/mol. The summed E-state index contributed by atoms with van der Waals surface area (Å²) >= 11 is 0. The van der Waals surface area contributed by atoms with Crippen LogP contribution in [0, 0.1) is 0 Å². The Balaban J connectivity index is 2.46. The van der Waals surface area contributed by atoms with Gasteiger partial charge in [-0.3, -0.25) is 9.36 Å². The van der Waals surface area contributed by atoms with Crippen LogP contribution in [0.5, 0.6) is 0 Å². The van der Waals surface area contributed by atoms with Gasteiger partial charge in [-0.2, -0.15) is 13.2 Å². The third-order valence-electron chi connectivity index (χ3n) is 4.36. The highest BCUT2D eigenvalue weighted by Crippen LogP contribution is 2.33. The number of fused-ring (bicyclic) bond motifs is 1. The molecule has 0 saturated carbocycles. The summed E-state index contributed by atoms with van der Waals surface area (Å²) in [5.74, 6) is -0.975. The van der Waals surface area contributed by atoms with E-state index in [0.29, 0.717) is 0 Å². The summed E-state index contributed by atoms with van der Waals surface area (Å²) in [4.78, 5) is 25.1. The molecule has 1 heterocycles. The van der Waals surface area contributed by atoms with E-state index in [1.165, 1.54) is 12.1 Å². The monoisotopic (exact) mass is 391 g/mol. The Morgan fingerprint density at radius 1 is 1.14 bits per heavy atom. The van der Waals surface area contributed by atoms with Gasteiger partial charge in [0.25, 0.3) is 5.56 Å². The van der Waals surface area contributed by atoms with Crippen LogP contribution in [0.3, 0.4) is 0 Å². The van der Waals surface area contributed by atoms with Crippen LogP contribution in [0.15, 0.2) is 47.3 Å². The zero-order valence-corrected chi connectivity index (χ0v) is 14.7. The highest BCUT2D eigenvalue weighted by molar-refractivity contribution is 6.04. The topological polar surface area (TPSA) is 100 Å². The van der Waals surface area contributed by atoms with E-state index < -0.39 is 28.8 Å². The number of ether oxygens (including phenoxy) is 1. The summed E-state index contributed by atoms with van der Waals surface area (Å²) in [5, 5.41) is 0.121. The molecule has 0 aliphatic rings. The molecule has 2 aromatic carbocycles. The molecule has 0 aliphatic carbocycles. The van der Waals surface area contributed by atoms with Crippen molar-refractivity contribution in [3.05, 3.63) is 69.5 Å². The number of esters is 1. The third-order valence-corrected chi connectivity index (χ3v) is 4.36. The lowest BCUT2D eigenvalue weighted by Gasteiger charge is -2.17. The number of carbonyl (C=O) groups excluding carboxylic acids is 1. The second kappa shape index (κ2) is 7.01. The zero-order valence-electron chi connectivity index (χ0n) is 14.7. The van der Waals surface area contributed by atoms with Gasteiger partial charge in [0, 0.05) is 17.6 Å². The molecule has 4 N–H and O–H groups in total. The van der Waals surface area contributed by atoms with Crippen LogP contribution in [0.2, 0.25) is 0 Å². The number of halogens is 3. The fourth-order valence-electron chi connectivity index (χ4n) is 2.93. The molecule has 0 radical (unpaired) electrons. The van der Waals surface area contributed by atoms with Gasteiger partial charge in [0.15, 0.2) is 0 Å². The molecular formula is C19H16F3N3O3. The summed E-state index contributed by atoms with van der Waals surface area (Å²) in [6.45, 7) is 0.253. The first-order chi connectivity index (χ1) is 13.2. The first-order valence-corrected chi connectivity index (χ1v) is 8.12. The number of benzene rings is 2. The number of hydrogen-bond acceptors (Lipinski definition) is 5. The standard InChI is InChI=1S/C19H16F3N3O3/c1-28-18(27)15-16(24)13-7-4-11(19(20,21)22)8-14(13)25(17(15)26)12-5-2-10(9-23)3-6-12/h2-8H,9,23-24H2,1H3. The van der Waals surface area contributed by atoms with Gasteiger partial charge in [-0.15, -0.1) is 0 Å². The van der Waals surface area contributed by atoms with E-state index in [2.05, 4.69) is 4.74 Å². The van der Waals surface area contributed by atoms with Gasteiger partial charge in [-0.25, -0.2) is 4.79 Å². The normalized spacial score (nSPS) is 11.6. The fourth-order valence-corrected chi connectivity index (χ4v) is 2.93. The minimum Gasteiger partial charge on any atom is -0.465 e. The minimum atomic E-state index is -4.62. The quantitative estimate of drug-likeness (QED) is 0.669. The maximum Gasteiger partial charge on any atom is 0.416 e. The molecule has 0 unspecified atom stereocenters. The van der Waals surface area contributed by atoms with Crippen molar-refractivity contribution >= 4 is 22.6 Å². The molecule has 0 saturated heterocycles. The maximum atomic E-state index is 13.2. The number of nitrogens with two attached hydrogens (primary N) is 2. The largest absolute Gasteiger partial charge is 0.465 e. The van der Waals surface area contributed by atoms with E-state index in [-0.39, 0.29) is 28.8 Å². The highest BCUT2D eigenvalue weighted by Gasteiger charge is 2.32. The number of anilines is 1. The Bertz CT molecular complexity index is 1120. The lowest BCUT2D eigenvalue weighted by molar-refractivity contribution is -0.137. The predicted molar refractivity (Wildman–Crippen MR) is 98.2 cm³/mol. The van der Waals surface area contributed by atoms with Gasteiger partial charge in [0.05, 0.1) is 23.9 Å². The lowest BCUT2D eigenvalue weighted by Crippen LogP contribution is -2.28. The number of nitrogens with zero attached hydrogens (tertiary/aromatic N) is 1. The molecule has 0 fully saturated rings. The van der Waals surface area contributed by atoms with E-state index >= 15 is 0 Å². The molecule has 28 heavy (non-hydrogen) atoms. The number of pyridine rings is 1. The smallest absolute Gasteiger partial charge is 0.416 e. The van der Waals surface area contributed by atoms with Crippen LogP contribution in [0.4, 0.5) is 18.9 Å². The first kappa shape index (κ1) is 19.4. The molecule has 0 bridgehead atoms. The van der Waals surface area contributed by atoms with Crippen molar-refractivity contribution in [2.75, 3.05) is 12.8 Å². The van der Waals surface area contributed by atoms with Crippen molar-refractivity contribution in [1.29, 1.82) is 0 Å². The lowest BCUT2D eigenvalue weighted by atomic mass is 10.0. The highest BCUT2D eigenvalue weighted by atomic mass is 19.4. The van der Waals surface area contributed by atoms with Gasteiger partial charge in [0.1, 0.15) is 5.56 Å². The van der Waals surface area contributed by atoms with Gasteiger partial charge >= 0.3 is 12.1 Å². The second-order valence-electron chi connectivity index (χ2n) is 6.02. The predicted octanol–water partition coefficient (Wildman–Crippen LogP) is 2.84. The maximum absolute atomic E-state index is 13.2. The third kappa shape index (κ3) is 3.20. The van der Waals surface area contributed by atoms with Crippen LogP contribution in [0.25, 0.3) is 16.6 Å². The summed E-state index contributed by atoms with van der Waals surface area (Å²) < 4.78 is 45.2. The summed E-state index contributed by atoms with van der Waals surface area (Å²) in [5.41, 5.74) is 9.93. The van der Waals surface area contributed by atoms with Crippen molar-refractivity contribution in [2.24, 2.45) is 5.73 Å². The Hall–Kier alpha value is -3.33. The van der Waals surface area contributed by atoms with E-state index in [0.717, 1.165) is 35.4 Å². The number of aromatic nitrogens is 1. The molecule has 0 aliphatic heterocycles. The van der Waals surface area contributed by atoms with Crippen LogP contribution in [-0.4, -0.2) is 17.6 Å². The van der Waals surface area contributed by atoms with Crippen LogP contribution >= 0.6 is 0 Å². The van der Waals surface area contributed by atoms with Crippen molar-refractivity contribution < 1.29 is 22.7 Å². The molecule has 3 rings (SSSR count). The Morgan fingerprint density at radius 3 is 2.32 bits per heavy atom. The van der Waals surface area contributed by atoms with Crippen LogP contribution < -0.4 is 17.0 Å². The molecule has 0 amide bonds. The number of nitrogen functional groups attached to an aromatic ring is 1.